The topological polar surface area (TPSA) is 38.4 Å². The van der Waals surface area contributed by atoms with Gasteiger partial charge < -0.3 is 5.73 Å². The number of nitrogens with two attached hydrogens (primary N) is 1. The molecule has 0 bridgehead atoms. The molecule has 1 aliphatic carbocycles. The van der Waals surface area contributed by atoms with Crippen molar-refractivity contribution in [1.82, 2.24) is 0 Å². The van der Waals surface area contributed by atoms with Crippen LogP contribution in [0.1, 0.15) is 48.5 Å². The van der Waals surface area contributed by atoms with Crippen molar-refractivity contribution in [1.29, 1.82) is 0 Å². The van der Waals surface area contributed by atoms with Gasteiger partial charge in [-0.1, -0.05) is 91.7 Å². The van der Waals surface area contributed by atoms with E-state index < -0.39 is 0 Å². The van der Waals surface area contributed by atoms with Crippen LogP contribution in [0.5, 0.6) is 0 Å². The average molecular weight is 324 g/mol. The van der Waals surface area contributed by atoms with E-state index in [0.29, 0.717) is 6.04 Å². The molecule has 1 aliphatic rings. The minimum atomic E-state index is 0.199. The highest BCUT2D eigenvalue weighted by Crippen LogP contribution is 2.36. The molecule has 0 radical (unpaired) electrons. The molecule has 3 rings (SSSR count). The Morgan fingerprint density at radius 3 is 1.91 bits per heavy atom. The van der Waals surface area contributed by atoms with E-state index in [2.05, 4.69) is 60.7 Å². The Balaban J connectivity index is 1.80. The van der Waals surface area contributed by atoms with Crippen molar-refractivity contribution >= 4 is 16.9 Å². The summed E-state index contributed by atoms with van der Waals surface area (Å²) in [5, 5.41) is 0.916. The Morgan fingerprint density at radius 2 is 1.39 bits per heavy atom. The first-order valence-corrected chi connectivity index (χ1v) is 9.31. The van der Waals surface area contributed by atoms with Gasteiger partial charge >= 0.3 is 0 Å². The van der Waals surface area contributed by atoms with E-state index in [1.54, 1.807) is 11.8 Å². The molecule has 0 unspecified atom stereocenters. The number of nitrogens with zero attached hydrogens (tertiary/aromatic N) is 1. The molecule has 2 aromatic rings. The summed E-state index contributed by atoms with van der Waals surface area (Å²) < 4.78 is 0. The standard InChI is InChI=1S/C20H24N2S/c21-20(22-18-14-8-3-9-15-18)23-19(16-10-4-1-5-11-16)17-12-6-2-7-13-17/h1-2,4-7,10-13,18-19H,3,8-9,14-15H2,(H2,21,22). The molecule has 3 heteroatoms. The summed E-state index contributed by atoms with van der Waals surface area (Å²) in [4.78, 5) is 4.78. The van der Waals surface area contributed by atoms with Gasteiger partial charge in [0.05, 0.1) is 11.3 Å². The molecular weight excluding hydrogens is 300 g/mol. The van der Waals surface area contributed by atoms with E-state index >= 15 is 0 Å². The molecule has 1 fully saturated rings. The van der Waals surface area contributed by atoms with Gasteiger partial charge in [0.2, 0.25) is 0 Å². The van der Waals surface area contributed by atoms with E-state index in [4.69, 9.17) is 10.7 Å². The molecule has 2 nitrogen and oxygen atoms in total. The molecule has 0 saturated heterocycles. The maximum absolute atomic E-state index is 6.29. The van der Waals surface area contributed by atoms with Gasteiger partial charge in [-0.15, -0.1) is 0 Å². The Hall–Kier alpha value is -1.74. The third-order valence-corrected chi connectivity index (χ3v) is 5.45. The fourth-order valence-corrected chi connectivity index (χ4v) is 4.16. The van der Waals surface area contributed by atoms with Gasteiger partial charge in [0.15, 0.2) is 5.17 Å². The first-order valence-electron chi connectivity index (χ1n) is 8.43. The highest BCUT2D eigenvalue weighted by molar-refractivity contribution is 8.14. The molecule has 0 aromatic heterocycles. The maximum Gasteiger partial charge on any atom is 0.155 e. The number of amidine groups is 1. The van der Waals surface area contributed by atoms with Gasteiger partial charge in [-0.25, -0.2) is 0 Å². The van der Waals surface area contributed by atoms with Crippen molar-refractivity contribution in [2.45, 2.75) is 43.4 Å². The quantitative estimate of drug-likeness (QED) is 0.623. The van der Waals surface area contributed by atoms with Crippen LogP contribution < -0.4 is 5.73 Å². The van der Waals surface area contributed by atoms with E-state index in [9.17, 15) is 0 Å². The molecule has 120 valence electrons. The normalized spacial score (nSPS) is 16.7. The number of hydrogen-bond acceptors (Lipinski definition) is 2. The van der Waals surface area contributed by atoms with Crippen LogP contribution in [-0.4, -0.2) is 11.2 Å². The summed E-state index contributed by atoms with van der Waals surface area (Å²) in [6, 6.07) is 21.5. The smallest absolute Gasteiger partial charge is 0.155 e. The predicted octanol–water partition coefficient (Wildman–Crippen LogP) is 5.16. The second kappa shape index (κ2) is 8.21. The molecule has 2 N–H and O–H groups in total. The van der Waals surface area contributed by atoms with Crippen molar-refractivity contribution in [2.24, 2.45) is 10.7 Å². The fraction of sp³-hybridized carbons (Fsp3) is 0.350. The minimum absolute atomic E-state index is 0.199. The zero-order valence-electron chi connectivity index (χ0n) is 13.4. The lowest BCUT2D eigenvalue weighted by Crippen LogP contribution is -2.17. The maximum atomic E-state index is 6.29. The molecule has 0 atom stereocenters. The number of rotatable bonds is 4. The van der Waals surface area contributed by atoms with Gasteiger partial charge in [-0.2, -0.15) is 0 Å². The third-order valence-electron chi connectivity index (χ3n) is 4.33. The largest absolute Gasteiger partial charge is 0.379 e. The fourth-order valence-electron chi connectivity index (χ4n) is 3.13. The van der Waals surface area contributed by atoms with Crippen LogP contribution in [0.15, 0.2) is 65.7 Å². The summed E-state index contributed by atoms with van der Waals surface area (Å²) in [5.74, 6) is 0. The van der Waals surface area contributed by atoms with Gasteiger partial charge in [-0.05, 0) is 24.0 Å². The van der Waals surface area contributed by atoms with Crippen LogP contribution in [0.4, 0.5) is 0 Å². The molecule has 0 heterocycles. The Labute approximate surface area is 143 Å². The Bertz CT molecular complexity index is 579. The van der Waals surface area contributed by atoms with Crippen LogP contribution in [-0.2, 0) is 0 Å². The van der Waals surface area contributed by atoms with Gasteiger partial charge in [0, 0.05) is 0 Å². The van der Waals surface area contributed by atoms with E-state index in [1.807, 2.05) is 0 Å². The van der Waals surface area contributed by atoms with Crippen LogP contribution in [0, 0.1) is 0 Å². The average Bonchev–Trinajstić information content (AvgIpc) is 2.62. The highest BCUT2D eigenvalue weighted by atomic mass is 32.2. The predicted molar refractivity (Wildman–Crippen MR) is 101 cm³/mol. The van der Waals surface area contributed by atoms with Gasteiger partial charge in [0.25, 0.3) is 0 Å². The first-order chi connectivity index (χ1) is 11.3. The second-order valence-corrected chi connectivity index (χ2v) is 7.20. The third kappa shape index (κ3) is 4.61. The van der Waals surface area contributed by atoms with Crippen molar-refractivity contribution in [3.05, 3.63) is 71.8 Å². The lowest BCUT2D eigenvalue weighted by atomic mass is 9.96. The van der Waals surface area contributed by atoms with Crippen molar-refractivity contribution < 1.29 is 0 Å². The molecule has 1 saturated carbocycles. The highest BCUT2D eigenvalue weighted by Gasteiger charge is 2.18. The van der Waals surface area contributed by atoms with Crippen LogP contribution in [0.2, 0.25) is 0 Å². The summed E-state index contributed by atoms with van der Waals surface area (Å²) in [5.41, 5.74) is 8.83. The number of hydrogen-bond donors (Lipinski definition) is 1. The molecule has 0 aliphatic heterocycles. The summed E-state index contributed by atoms with van der Waals surface area (Å²) in [6.45, 7) is 0. The molecule has 0 amide bonds. The van der Waals surface area contributed by atoms with Crippen LogP contribution >= 0.6 is 11.8 Å². The number of aliphatic imine (C=N–C) groups is 1. The summed E-state index contributed by atoms with van der Waals surface area (Å²) >= 11 is 1.67. The second-order valence-electron chi connectivity index (χ2n) is 6.08. The van der Waals surface area contributed by atoms with E-state index in [-0.39, 0.29) is 5.25 Å². The SMILES string of the molecule is NC(=NC1CCCCC1)SC(c1ccccc1)c1ccccc1. The minimum Gasteiger partial charge on any atom is -0.379 e. The van der Waals surface area contributed by atoms with Crippen molar-refractivity contribution in [3.63, 3.8) is 0 Å². The summed E-state index contributed by atoms with van der Waals surface area (Å²) in [6.07, 6.45) is 6.28. The van der Waals surface area contributed by atoms with Crippen LogP contribution in [0.25, 0.3) is 0 Å². The molecule has 2 aromatic carbocycles. The molecular formula is C20H24N2S. The Morgan fingerprint density at radius 1 is 0.870 bits per heavy atom. The lowest BCUT2D eigenvalue weighted by molar-refractivity contribution is 0.444. The Kier molecular flexibility index (Phi) is 5.76. The van der Waals surface area contributed by atoms with Crippen molar-refractivity contribution in [3.8, 4) is 0 Å². The summed E-state index contributed by atoms with van der Waals surface area (Å²) in [7, 11) is 0. The van der Waals surface area contributed by atoms with Gasteiger partial charge in [0.1, 0.15) is 0 Å². The van der Waals surface area contributed by atoms with E-state index in [1.165, 1.54) is 43.2 Å². The lowest BCUT2D eigenvalue weighted by Gasteiger charge is -2.20. The monoisotopic (exact) mass is 324 g/mol. The first kappa shape index (κ1) is 16.1. The number of thioether (sulfide) groups is 1. The number of benzene rings is 2. The zero-order valence-corrected chi connectivity index (χ0v) is 14.2. The van der Waals surface area contributed by atoms with Crippen LogP contribution in [0.3, 0.4) is 0 Å². The van der Waals surface area contributed by atoms with E-state index in [0.717, 1.165) is 5.17 Å². The molecule has 23 heavy (non-hydrogen) atoms. The molecule has 0 spiro atoms. The zero-order chi connectivity index (χ0) is 15.9. The van der Waals surface area contributed by atoms with Crippen molar-refractivity contribution in [2.75, 3.05) is 0 Å². The van der Waals surface area contributed by atoms with Gasteiger partial charge in [-0.3, -0.25) is 4.99 Å².